The van der Waals surface area contributed by atoms with Crippen molar-refractivity contribution >= 4 is 17.1 Å². The van der Waals surface area contributed by atoms with Gasteiger partial charge >= 0.3 is 0 Å². The first-order valence-corrected chi connectivity index (χ1v) is 5.78. The molecule has 78 valence electrons. The number of ketones is 1. The van der Waals surface area contributed by atoms with Gasteiger partial charge in [-0.1, -0.05) is 13.8 Å². The van der Waals surface area contributed by atoms with Crippen LogP contribution in [0.1, 0.15) is 42.5 Å². The molecule has 0 bridgehead atoms. The molecule has 1 heterocycles. The second kappa shape index (κ2) is 3.42. The van der Waals surface area contributed by atoms with Crippen LogP contribution in [0.15, 0.2) is 6.20 Å². The van der Waals surface area contributed by atoms with Crippen LogP contribution < -0.4 is 0 Å². The van der Waals surface area contributed by atoms with E-state index in [1.807, 2.05) is 0 Å². The van der Waals surface area contributed by atoms with E-state index < -0.39 is 5.41 Å². The van der Waals surface area contributed by atoms with E-state index in [0.29, 0.717) is 18.8 Å². The predicted molar refractivity (Wildman–Crippen MR) is 57.7 cm³/mol. The zero-order valence-corrected chi connectivity index (χ0v) is 9.60. The van der Waals surface area contributed by atoms with Gasteiger partial charge in [-0.3, -0.25) is 4.79 Å². The van der Waals surface area contributed by atoms with E-state index in [9.17, 15) is 4.79 Å². The Morgan fingerprint density at radius 1 is 1.60 bits per heavy atom. The maximum atomic E-state index is 11.0. The molecular weight excluding hydrogens is 208 g/mol. The molecule has 0 aromatic carbocycles. The zero-order valence-electron chi connectivity index (χ0n) is 8.78. The van der Waals surface area contributed by atoms with E-state index in [1.54, 1.807) is 17.5 Å². The maximum Gasteiger partial charge on any atom is 0.136 e. The minimum absolute atomic E-state index is 0.177. The van der Waals surface area contributed by atoms with E-state index in [4.69, 9.17) is 5.26 Å². The number of nitrogens with zero attached hydrogens (tertiary/aromatic N) is 2. The Labute approximate surface area is 92.8 Å². The number of thiazole rings is 1. The Balaban J connectivity index is 2.30. The number of carbonyl (C=O) groups excluding carboxylic acids is 1. The first-order chi connectivity index (χ1) is 7.07. The lowest BCUT2D eigenvalue weighted by Crippen LogP contribution is -2.39. The molecule has 0 aliphatic heterocycles. The number of rotatable bonds is 2. The summed E-state index contributed by atoms with van der Waals surface area (Å²) in [4.78, 5) is 16.3. The molecule has 1 aromatic rings. The molecule has 0 spiro atoms. The summed E-state index contributed by atoms with van der Waals surface area (Å²) in [6.07, 6.45) is 2.49. The minimum Gasteiger partial charge on any atom is -0.300 e. The second-order valence-corrected chi connectivity index (χ2v) is 5.37. The molecule has 0 saturated heterocycles. The molecule has 1 saturated carbocycles. The van der Waals surface area contributed by atoms with Crippen molar-refractivity contribution in [3.05, 3.63) is 16.1 Å². The van der Waals surface area contributed by atoms with E-state index in [2.05, 4.69) is 24.9 Å². The molecule has 0 amide bonds. The highest BCUT2D eigenvalue weighted by molar-refractivity contribution is 7.11. The SMILES string of the molecule is CC(C)c1ncc(C2(C#N)CC(=O)C2)s1. The Kier molecular flexibility index (Phi) is 2.35. The van der Waals surface area contributed by atoms with Gasteiger partial charge in [0.2, 0.25) is 0 Å². The zero-order chi connectivity index (χ0) is 11.1. The first-order valence-electron chi connectivity index (χ1n) is 4.96. The van der Waals surface area contributed by atoms with Gasteiger partial charge in [0.05, 0.1) is 11.1 Å². The predicted octanol–water partition coefficient (Wildman–Crippen LogP) is 2.39. The lowest BCUT2D eigenvalue weighted by atomic mass is 9.68. The molecule has 1 aromatic heterocycles. The molecule has 0 unspecified atom stereocenters. The van der Waals surface area contributed by atoms with E-state index in [-0.39, 0.29) is 5.78 Å². The van der Waals surface area contributed by atoms with Crippen molar-refractivity contribution in [2.75, 3.05) is 0 Å². The summed E-state index contributed by atoms with van der Waals surface area (Å²) in [6.45, 7) is 4.15. The molecule has 1 aliphatic rings. The Bertz CT molecular complexity index is 434. The molecule has 1 aliphatic carbocycles. The average Bonchev–Trinajstić information content (AvgIpc) is 2.61. The lowest BCUT2D eigenvalue weighted by molar-refractivity contribution is -0.126. The molecule has 0 atom stereocenters. The smallest absolute Gasteiger partial charge is 0.136 e. The van der Waals surface area contributed by atoms with Gasteiger partial charge in [-0.2, -0.15) is 5.26 Å². The van der Waals surface area contributed by atoms with Crippen molar-refractivity contribution in [1.82, 2.24) is 4.98 Å². The summed E-state index contributed by atoms with van der Waals surface area (Å²) < 4.78 is 0. The second-order valence-electron chi connectivity index (χ2n) is 4.30. The van der Waals surface area contributed by atoms with Crippen LogP contribution in [0, 0.1) is 11.3 Å². The van der Waals surface area contributed by atoms with E-state index >= 15 is 0 Å². The minimum atomic E-state index is -0.554. The number of carbonyl (C=O) groups is 1. The third kappa shape index (κ3) is 1.57. The van der Waals surface area contributed by atoms with Crippen LogP contribution in [-0.2, 0) is 10.2 Å². The number of Topliss-reactive ketones (excluding diaryl/α,β-unsaturated/α-hetero) is 1. The van der Waals surface area contributed by atoms with Gasteiger partial charge in [-0.05, 0) is 0 Å². The van der Waals surface area contributed by atoms with Crippen molar-refractivity contribution < 1.29 is 4.79 Å². The fourth-order valence-corrected chi connectivity index (χ4v) is 2.76. The van der Waals surface area contributed by atoms with Crippen LogP contribution in [0.5, 0.6) is 0 Å². The molecule has 2 rings (SSSR count). The van der Waals surface area contributed by atoms with Crippen LogP contribution in [0.2, 0.25) is 0 Å². The summed E-state index contributed by atoms with van der Waals surface area (Å²) in [5.41, 5.74) is -0.554. The van der Waals surface area contributed by atoms with Gasteiger partial charge in [-0.25, -0.2) is 4.98 Å². The highest BCUT2D eigenvalue weighted by Crippen LogP contribution is 2.43. The summed E-state index contributed by atoms with van der Waals surface area (Å²) in [6, 6.07) is 2.26. The topological polar surface area (TPSA) is 53.8 Å². The van der Waals surface area contributed by atoms with Crippen LogP contribution >= 0.6 is 11.3 Å². The van der Waals surface area contributed by atoms with Crippen LogP contribution in [-0.4, -0.2) is 10.8 Å². The van der Waals surface area contributed by atoms with Gasteiger partial charge in [0.1, 0.15) is 11.2 Å². The van der Waals surface area contributed by atoms with Crippen molar-refractivity contribution in [2.24, 2.45) is 0 Å². The van der Waals surface area contributed by atoms with Crippen molar-refractivity contribution in [2.45, 2.75) is 38.0 Å². The van der Waals surface area contributed by atoms with Gasteiger partial charge < -0.3 is 0 Å². The number of hydrogen-bond donors (Lipinski definition) is 0. The Hall–Kier alpha value is -1.21. The fraction of sp³-hybridized carbons (Fsp3) is 0.545. The van der Waals surface area contributed by atoms with E-state index in [1.165, 1.54) is 0 Å². The number of aromatic nitrogens is 1. The lowest BCUT2D eigenvalue weighted by Gasteiger charge is -2.32. The third-order valence-electron chi connectivity index (χ3n) is 2.70. The van der Waals surface area contributed by atoms with Crippen molar-refractivity contribution in [3.63, 3.8) is 0 Å². The van der Waals surface area contributed by atoms with Crippen LogP contribution in [0.3, 0.4) is 0 Å². The van der Waals surface area contributed by atoms with Gasteiger partial charge in [-0.15, -0.1) is 11.3 Å². The largest absolute Gasteiger partial charge is 0.300 e. The fourth-order valence-electron chi connectivity index (χ4n) is 1.71. The molecule has 4 heteroatoms. The highest BCUT2D eigenvalue weighted by atomic mass is 32.1. The summed E-state index contributed by atoms with van der Waals surface area (Å²) in [5.74, 6) is 0.561. The monoisotopic (exact) mass is 220 g/mol. The maximum absolute atomic E-state index is 11.0. The van der Waals surface area contributed by atoms with Crippen molar-refractivity contribution in [3.8, 4) is 6.07 Å². The Morgan fingerprint density at radius 2 is 2.27 bits per heavy atom. The average molecular weight is 220 g/mol. The number of nitriles is 1. The standard InChI is InChI=1S/C11H12N2OS/c1-7(2)10-13-5-9(15-10)11(6-12)3-8(14)4-11/h5,7H,3-4H2,1-2H3. The molecule has 3 nitrogen and oxygen atoms in total. The molecule has 1 fully saturated rings. The highest BCUT2D eigenvalue weighted by Gasteiger charge is 2.46. The van der Waals surface area contributed by atoms with Gasteiger partial charge in [0.25, 0.3) is 0 Å². The van der Waals surface area contributed by atoms with Crippen LogP contribution in [0.25, 0.3) is 0 Å². The molecule has 0 N–H and O–H groups in total. The third-order valence-corrected chi connectivity index (χ3v) is 4.20. The molecule has 15 heavy (non-hydrogen) atoms. The summed E-state index contributed by atoms with van der Waals surface area (Å²) in [7, 11) is 0. The summed E-state index contributed by atoms with van der Waals surface area (Å²) in [5, 5.41) is 10.2. The van der Waals surface area contributed by atoms with Gasteiger partial charge in [0.15, 0.2) is 0 Å². The van der Waals surface area contributed by atoms with Gasteiger partial charge in [0, 0.05) is 29.8 Å². The Morgan fingerprint density at radius 3 is 2.67 bits per heavy atom. The summed E-state index contributed by atoms with van der Waals surface area (Å²) >= 11 is 1.56. The first kappa shape index (κ1) is 10.3. The van der Waals surface area contributed by atoms with E-state index in [0.717, 1.165) is 9.88 Å². The molecular formula is C11H12N2OS. The van der Waals surface area contributed by atoms with Crippen molar-refractivity contribution in [1.29, 1.82) is 5.26 Å². The van der Waals surface area contributed by atoms with Crippen LogP contribution in [0.4, 0.5) is 0 Å². The quantitative estimate of drug-likeness (QED) is 0.769. The molecule has 0 radical (unpaired) electrons. The normalized spacial score (nSPS) is 18.7. The number of hydrogen-bond acceptors (Lipinski definition) is 4.